The van der Waals surface area contributed by atoms with Crippen molar-refractivity contribution in [2.24, 2.45) is 0 Å². The summed E-state index contributed by atoms with van der Waals surface area (Å²) in [6, 6.07) is 6.01. The molecule has 1 heterocycles. The lowest BCUT2D eigenvalue weighted by molar-refractivity contribution is 0.0953. The predicted octanol–water partition coefficient (Wildman–Crippen LogP) is 1.92. The number of nitrogens with one attached hydrogen (secondary N) is 2. The van der Waals surface area contributed by atoms with Gasteiger partial charge in [0.15, 0.2) is 0 Å². The van der Waals surface area contributed by atoms with Crippen LogP contribution < -0.4 is 10.6 Å². The van der Waals surface area contributed by atoms with Crippen LogP contribution >= 0.6 is 11.8 Å². The molecule has 0 aromatic heterocycles. The van der Waals surface area contributed by atoms with Gasteiger partial charge in [-0.1, -0.05) is 6.07 Å². The molecule has 1 fully saturated rings. The molecule has 0 radical (unpaired) electrons. The monoisotopic (exact) mass is 262 g/mol. The molecule has 2 aliphatic rings. The maximum atomic E-state index is 12.1. The van der Waals surface area contributed by atoms with Crippen molar-refractivity contribution < 1.29 is 4.79 Å². The fourth-order valence-electron chi connectivity index (χ4n) is 2.37. The molecular formula is C14H18N2OS. The Balaban J connectivity index is 1.65. The first-order chi connectivity index (χ1) is 8.72. The zero-order valence-electron chi connectivity index (χ0n) is 10.6. The lowest BCUT2D eigenvalue weighted by atomic mass is 10.1. The molecule has 1 aromatic rings. The zero-order chi connectivity index (χ0) is 12.6. The van der Waals surface area contributed by atoms with Gasteiger partial charge in [-0.2, -0.15) is 11.8 Å². The fourth-order valence-corrected chi connectivity index (χ4v) is 3.10. The minimum absolute atomic E-state index is 0.0602. The number of carbonyl (C=O) groups is 1. The number of benzene rings is 1. The summed E-state index contributed by atoms with van der Waals surface area (Å²) < 4.78 is 0.327. The molecule has 0 unspecified atom stereocenters. The number of hydrogen-bond acceptors (Lipinski definition) is 3. The van der Waals surface area contributed by atoms with Crippen LogP contribution in [0.1, 0.15) is 34.3 Å². The quantitative estimate of drug-likeness (QED) is 0.871. The van der Waals surface area contributed by atoms with Crippen LogP contribution in [0, 0.1) is 0 Å². The molecule has 4 heteroatoms. The molecule has 0 atom stereocenters. The zero-order valence-corrected chi connectivity index (χ0v) is 11.4. The summed E-state index contributed by atoms with van der Waals surface area (Å²) in [6.45, 7) is 2.60. The van der Waals surface area contributed by atoms with Crippen molar-refractivity contribution in [3.63, 3.8) is 0 Å². The molecule has 0 bridgehead atoms. The Bertz CT molecular complexity index is 483. The molecule has 1 amide bonds. The number of rotatable bonds is 4. The van der Waals surface area contributed by atoms with E-state index in [9.17, 15) is 4.79 Å². The van der Waals surface area contributed by atoms with Crippen molar-refractivity contribution in [2.45, 2.75) is 30.7 Å². The summed E-state index contributed by atoms with van der Waals surface area (Å²) in [6.07, 6.45) is 4.57. The van der Waals surface area contributed by atoms with Gasteiger partial charge in [0.1, 0.15) is 0 Å². The van der Waals surface area contributed by atoms with E-state index in [1.165, 1.54) is 24.0 Å². The van der Waals surface area contributed by atoms with Crippen LogP contribution in [0.15, 0.2) is 18.2 Å². The van der Waals surface area contributed by atoms with Gasteiger partial charge in [0.2, 0.25) is 0 Å². The first-order valence-electron chi connectivity index (χ1n) is 6.38. The SMILES string of the molecule is CSC1(CNC(=O)c2ccc3c(c2)CNC3)CC1. The van der Waals surface area contributed by atoms with Gasteiger partial charge in [0.25, 0.3) is 5.91 Å². The molecule has 0 spiro atoms. The van der Waals surface area contributed by atoms with Crippen molar-refractivity contribution in [1.82, 2.24) is 10.6 Å². The molecular weight excluding hydrogens is 244 g/mol. The summed E-state index contributed by atoms with van der Waals surface area (Å²) >= 11 is 1.87. The molecule has 1 saturated carbocycles. The van der Waals surface area contributed by atoms with Gasteiger partial charge < -0.3 is 10.6 Å². The van der Waals surface area contributed by atoms with Crippen LogP contribution in [-0.2, 0) is 13.1 Å². The summed E-state index contributed by atoms with van der Waals surface area (Å²) in [7, 11) is 0. The van der Waals surface area contributed by atoms with E-state index in [0.29, 0.717) is 4.75 Å². The minimum atomic E-state index is 0.0602. The Labute approximate surface area is 112 Å². The van der Waals surface area contributed by atoms with E-state index in [4.69, 9.17) is 0 Å². The van der Waals surface area contributed by atoms with Crippen molar-refractivity contribution in [3.05, 3.63) is 34.9 Å². The van der Waals surface area contributed by atoms with E-state index < -0.39 is 0 Å². The molecule has 3 rings (SSSR count). The smallest absolute Gasteiger partial charge is 0.251 e. The van der Waals surface area contributed by atoms with E-state index >= 15 is 0 Å². The second kappa shape index (κ2) is 4.59. The van der Waals surface area contributed by atoms with Crippen LogP contribution in [0.25, 0.3) is 0 Å². The Morgan fingerprint density at radius 2 is 2.17 bits per heavy atom. The van der Waals surface area contributed by atoms with Crippen molar-refractivity contribution >= 4 is 17.7 Å². The van der Waals surface area contributed by atoms with Crippen LogP contribution in [-0.4, -0.2) is 23.5 Å². The van der Waals surface area contributed by atoms with Gasteiger partial charge in [0, 0.05) is 29.9 Å². The molecule has 1 aromatic carbocycles. The van der Waals surface area contributed by atoms with Crippen molar-refractivity contribution in [1.29, 1.82) is 0 Å². The van der Waals surface area contributed by atoms with Crippen molar-refractivity contribution in [3.8, 4) is 0 Å². The third-order valence-electron chi connectivity index (χ3n) is 3.91. The molecule has 1 aliphatic heterocycles. The molecule has 0 saturated heterocycles. The third kappa shape index (κ3) is 2.27. The van der Waals surface area contributed by atoms with Gasteiger partial charge in [0.05, 0.1) is 0 Å². The van der Waals surface area contributed by atoms with Gasteiger partial charge in [-0.05, 0) is 42.4 Å². The Morgan fingerprint density at radius 3 is 2.89 bits per heavy atom. The lowest BCUT2D eigenvalue weighted by Gasteiger charge is -2.13. The first kappa shape index (κ1) is 12.1. The summed E-state index contributed by atoms with van der Waals surface area (Å²) in [5.41, 5.74) is 3.36. The highest BCUT2D eigenvalue weighted by Gasteiger charge is 2.41. The number of amides is 1. The predicted molar refractivity (Wildman–Crippen MR) is 74.8 cm³/mol. The number of hydrogen-bond donors (Lipinski definition) is 2. The second-order valence-corrected chi connectivity index (χ2v) is 6.43. The van der Waals surface area contributed by atoms with E-state index in [2.05, 4.69) is 23.0 Å². The number of fused-ring (bicyclic) bond motifs is 1. The average Bonchev–Trinajstić information content (AvgIpc) is 3.04. The van der Waals surface area contributed by atoms with E-state index in [1.54, 1.807) is 0 Å². The van der Waals surface area contributed by atoms with Crippen LogP contribution in [0.2, 0.25) is 0 Å². The highest BCUT2D eigenvalue weighted by molar-refractivity contribution is 8.00. The highest BCUT2D eigenvalue weighted by atomic mass is 32.2. The summed E-state index contributed by atoms with van der Waals surface area (Å²) in [4.78, 5) is 12.1. The van der Waals surface area contributed by atoms with Gasteiger partial charge in [-0.25, -0.2) is 0 Å². The number of thioether (sulfide) groups is 1. The Kier molecular flexibility index (Phi) is 3.08. The number of carbonyl (C=O) groups excluding carboxylic acids is 1. The largest absolute Gasteiger partial charge is 0.351 e. The third-order valence-corrected chi connectivity index (χ3v) is 5.33. The van der Waals surface area contributed by atoms with Gasteiger partial charge >= 0.3 is 0 Å². The van der Waals surface area contributed by atoms with Crippen LogP contribution in [0.3, 0.4) is 0 Å². The summed E-state index contributed by atoms with van der Waals surface area (Å²) in [5.74, 6) is 0.0602. The Hall–Kier alpha value is -1.00. The van der Waals surface area contributed by atoms with Crippen LogP contribution in [0.5, 0.6) is 0 Å². The molecule has 96 valence electrons. The van der Waals surface area contributed by atoms with E-state index in [0.717, 1.165) is 25.2 Å². The molecule has 1 aliphatic carbocycles. The first-order valence-corrected chi connectivity index (χ1v) is 7.61. The standard InChI is InChI=1S/C14H18N2OS/c1-18-14(4-5-14)9-16-13(17)10-2-3-11-7-15-8-12(11)6-10/h2-3,6,15H,4-5,7-9H2,1H3,(H,16,17). The van der Waals surface area contributed by atoms with E-state index in [1.807, 2.05) is 23.9 Å². The van der Waals surface area contributed by atoms with Gasteiger partial charge in [-0.3, -0.25) is 4.79 Å². The normalized spacial score (nSPS) is 19.4. The maximum Gasteiger partial charge on any atom is 0.251 e. The average molecular weight is 262 g/mol. The second-order valence-electron chi connectivity index (χ2n) is 5.16. The molecule has 2 N–H and O–H groups in total. The maximum absolute atomic E-state index is 12.1. The minimum Gasteiger partial charge on any atom is -0.351 e. The molecule has 3 nitrogen and oxygen atoms in total. The Morgan fingerprint density at radius 1 is 1.39 bits per heavy atom. The highest BCUT2D eigenvalue weighted by Crippen LogP contribution is 2.46. The van der Waals surface area contributed by atoms with E-state index in [-0.39, 0.29) is 5.91 Å². The van der Waals surface area contributed by atoms with Crippen LogP contribution in [0.4, 0.5) is 0 Å². The molecule has 18 heavy (non-hydrogen) atoms. The van der Waals surface area contributed by atoms with Gasteiger partial charge in [-0.15, -0.1) is 0 Å². The topological polar surface area (TPSA) is 41.1 Å². The lowest BCUT2D eigenvalue weighted by Crippen LogP contribution is -2.31. The fraction of sp³-hybridized carbons (Fsp3) is 0.500. The van der Waals surface area contributed by atoms with Crippen molar-refractivity contribution in [2.75, 3.05) is 12.8 Å². The summed E-state index contributed by atoms with van der Waals surface area (Å²) in [5, 5.41) is 6.36.